The molecule has 0 aromatic heterocycles. The van der Waals surface area contributed by atoms with Crippen LogP contribution in [0.1, 0.15) is 11.6 Å². The molecular weight excluding hydrogens is 202 g/mol. The third-order valence-corrected chi connectivity index (χ3v) is 1.89. The summed E-state index contributed by atoms with van der Waals surface area (Å²) >= 11 is 0. The van der Waals surface area contributed by atoms with E-state index in [0.717, 1.165) is 11.3 Å². The molecule has 1 atom stereocenters. The molecule has 1 rings (SSSR count). The van der Waals surface area contributed by atoms with Gasteiger partial charge in [-0.3, -0.25) is 0 Å². The SMILES string of the molecule is COCC(N)c1ccc(OC)cc1.Cl. The van der Waals surface area contributed by atoms with Crippen LogP contribution in [0.25, 0.3) is 0 Å². The van der Waals surface area contributed by atoms with Gasteiger partial charge < -0.3 is 15.2 Å². The summed E-state index contributed by atoms with van der Waals surface area (Å²) in [6.07, 6.45) is 0. The predicted molar refractivity (Wildman–Crippen MR) is 59.0 cm³/mol. The van der Waals surface area contributed by atoms with E-state index in [-0.39, 0.29) is 18.4 Å². The van der Waals surface area contributed by atoms with Crippen molar-refractivity contribution >= 4 is 12.4 Å². The number of ether oxygens (including phenoxy) is 2. The predicted octanol–water partition coefficient (Wildman–Crippen LogP) is 1.76. The molecule has 0 aliphatic carbocycles. The van der Waals surface area contributed by atoms with Crippen molar-refractivity contribution in [2.24, 2.45) is 5.73 Å². The maximum Gasteiger partial charge on any atom is 0.118 e. The molecule has 0 heterocycles. The van der Waals surface area contributed by atoms with Crippen LogP contribution in [-0.4, -0.2) is 20.8 Å². The molecule has 0 aliphatic rings. The molecule has 3 nitrogen and oxygen atoms in total. The Labute approximate surface area is 90.6 Å². The van der Waals surface area contributed by atoms with Gasteiger partial charge in [0, 0.05) is 7.11 Å². The van der Waals surface area contributed by atoms with Gasteiger partial charge in [0.15, 0.2) is 0 Å². The van der Waals surface area contributed by atoms with E-state index in [1.54, 1.807) is 14.2 Å². The van der Waals surface area contributed by atoms with Crippen LogP contribution in [0.15, 0.2) is 24.3 Å². The van der Waals surface area contributed by atoms with E-state index in [4.69, 9.17) is 15.2 Å². The van der Waals surface area contributed by atoms with Gasteiger partial charge in [-0.15, -0.1) is 12.4 Å². The van der Waals surface area contributed by atoms with Gasteiger partial charge in [-0.05, 0) is 17.7 Å². The summed E-state index contributed by atoms with van der Waals surface area (Å²) in [6, 6.07) is 7.62. The lowest BCUT2D eigenvalue weighted by molar-refractivity contribution is 0.181. The van der Waals surface area contributed by atoms with E-state index >= 15 is 0 Å². The first kappa shape index (κ1) is 13.2. The molecule has 0 saturated heterocycles. The summed E-state index contributed by atoms with van der Waals surface area (Å²) in [5, 5.41) is 0. The monoisotopic (exact) mass is 217 g/mol. The Hall–Kier alpha value is -0.770. The third-order valence-electron chi connectivity index (χ3n) is 1.89. The molecule has 0 fully saturated rings. The number of hydrogen-bond donors (Lipinski definition) is 1. The summed E-state index contributed by atoms with van der Waals surface area (Å²) < 4.78 is 10.00. The summed E-state index contributed by atoms with van der Waals surface area (Å²) in [7, 11) is 3.29. The second-order valence-corrected chi connectivity index (χ2v) is 2.83. The van der Waals surface area contributed by atoms with Gasteiger partial charge in [-0.1, -0.05) is 12.1 Å². The van der Waals surface area contributed by atoms with Crippen LogP contribution in [0.3, 0.4) is 0 Å². The summed E-state index contributed by atoms with van der Waals surface area (Å²) in [5.41, 5.74) is 6.89. The smallest absolute Gasteiger partial charge is 0.118 e. The zero-order valence-corrected chi connectivity index (χ0v) is 9.21. The van der Waals surface area contributed by atoms with Crippen LogP contribution < -0.4 is 10.5 Å². The number of halogens is 1. The van der Waals surface area contributed by atoms with Gasteiger partial charge >= 0.3 is 0 Å². The van der Waals surface area contributed by atoms with E-state index in [9.17, 15) is 0 Å². The highest BCUT2D eigenvalue weighted by Gasteiger charge is 2.04. The van der Waals surface area contributed by atoms with E-state index in [1.165, 1.54) is 0 Å². The quantitative estimate of drug-likeness (QED) is 0.836. The minimum absolute atomic E-state index is 0. The maximum absolute atomic E-state index is 5.83. The molecular formula is C10H16ClNO2. The highest BCUT2D eigenvalue weighted by Crippen LogP contribution is 2.15. The standard InChI is InChI=1S/C10H15NO2.ClH/c1-12-7-10(11)8-3-5-9(13-2)6-4-8;/h3-6,10H,7,11H2,1-2H3;1H. The Balaban J connectivity index is 0.00000169. The fourth-order valence-corrected chi connectivity index (χ4v) is 1.13. The van der Waals surface area contributed by atoms with Crippen molar-refractivity contribution in [1.82, 2.24) is 0 Å². The highest BCUT2D eigenvalue weighted by molar-refractivity contribution is 5.85. The Kier molecular flexibility index (Phi) is 6.28. The van der Waals surface area contributed by atoms with Crippen LogP contribution in [0.4, 0.5) is 0 Å². The molecule has 1 aromatic rings. The van der Waals surface area contributed by atoms with Crippen LogP contribution in [-0.2, 0) is 4.74 Å². The Morgan fingerprint density at radius 2 is 1.79 bits per heavy atom. The van der Waals surface area contributed by atoms with Crippen molar-refractivity contribution in [2.75, 3.05) is 20.8 Å². The Bertz CT molecular complexity index is 251. The lowest BCUT2D eigenvalue weighted by atomic mass is 10.1. The minimum Gasteiger partial charge on any atom is -0.497 e. The zero-order valence-electron chi connectivity index (χ0n) is 8.40. The second-order valence-electron chi connectivity index (χ2n) is 2.83. The topological polar surface area (TPSA) is 44.5 Å². The van der Waals surface area contributed by atoms with Crippen molar-refractivity contribution < 1.29 is 9.47 Å². The molecule has 0 aliphatic heterocycles. The average molecular weight is 218 g/mol. The molecule has 0 saturated carbocycles. The lowest BCUT2D eigenvalue weighted by Gasteiger charge is -2.10. The summed E-state index contributed by atoms with van der Waals surface area (Å²) in [6.45, 7) is 0.534. The molecule has 0 spiro atoms. The second kappa shape index (κ2) is 6.65. The number of benzene rings is 1. The molecule has 0 radical (unpaired) electrons. The molecule has 0 amide bonds. The lowest BCUT2D eigenvalue weighted by Crippen LogP contribution is -2.15. The number of nitrogens with two attached hydrogens (primary N) is 1. The fourth-order valence-electron chi connectivity index (χ4n) is 1.13. The number of methoxy groups -OCH3 is 2. The van der Waals surface area contributed by atoms with Gasteiger partial charge in [-0.25, -0.2) is 0 Å². The molecule has 1 unspecified atom stereocenters. The van der Waals surface area contributed by atoms with E-state index < -0.39 is 0 Å². The molecule has 0 bridgehead atoms. The van der Waals surface area contributed by atoms with E-state index in [2.05, 4.69) is 0 Å². The Morgan fingerprint density at radius 1 is 1.21 bits per heavy atom. The van der Waals surface area contributed by atoms with Gasteiger partial charge in [0.25, 0.3) is 0 Å². The highest BCUT2D eigenvalue weighted by atomic mass is 35.5. The fraction of sp³-hybridized carbons (Fsp3) is 0.400. The first-order valence-corrected chi connectivity index (χ1v) is 4.16. The normalized spacial score (nSPS) is 11.6. The van der Waals surface area contributed by atoms with Crippen LogP contribution in [0, 0.1) is 0 Å². The van der Waals surface area contributed by atoms with E-state index in [0.29, 0.717) is 6.61 Å². The van der Waals surface area contributed by atoms with Gasteiger partial charge in [0.1, 0.15) is 5.75 Å². The summed E-state index contributed by atoms with van der Waals surface area (Å²) in [5.74, 6) is 0.841. The minimum atomic E-state index is -0.0593. The van der Waals surface area contributed by atoms with Crippen molar-refractivity contribution in [1.29, 1.82) is 0 Å². The average Bonchev–Trinajstić information content (AvgIpc) is 2.18. The molecule has 14 heavy (non-hydrogen) atoms. The molecule has 4 heteroatoms. The first-order chi connectivity index (χ1) is 6.27. The number of rotatable bonds is 4. The van der Waals surface area contributed by atoms with Gasteiger partial charge in [0.2, 0.25) is 0 Å². The van der Waals surface area contributed by atoms with Crippen molar-refractivity contribution in [3.63, 3.8) is 0 Å². The van der Waals surface area contributed by atoms with Crippen LogP contribution in [0.5, 0.6) is 5.75 Å². The van der Waals surface area contributed by atoms with Crippen molar-refractivity contribution in [3.05, 3.63) is 29.8 Å². The largest absolute Gasteiger partial charge is 0.497 e. The molecule has 1 aromatic carbocycles. The molecule has 80 valence electrons. The zero-order chi connectivity index (χ0) is 9.68. The van der Waals surface area contributed by atoms with E-state index in [1.807, 2.05) is 24.3 Å². The van der Waals surface area contributed by atoms with Crippen molar-refractivity contribution in [3.8, 4) is 5.75 Å². The van der Waals surface area contributed by atoms with Crippen LogP contribution >= 0.6 is 12.4 Å². The number of hydrogen-bond acceptors (Lipinski definition) is 3. The first-order valence-electron chi connectivity index (χ1n) is 4.16. The van der Waals surface area contributed by atoms with Crippen molar-refractivity contribution in [2.45, 2.75) is 6.04 Å². The van der Waals surface area contributed by atoms with Crippen LogP contribution in [0.2, 0.25) is 0 Å². The van der Waals surface area contributed by atoms with Gasteiger partial charge in [0.05, 0.1) is 19.8 Å². The summed E-state index contributed by atoms with van der Waals surface area (Å²) in [4.78, 5) is 0. The molecule has 2 N–H and O–H groups in total. The van der Waals surface area contributed by atoms with Gasteiger partial charge in [-0.2, -0.15) is 0 Å². The maximum atomic E-state index is 5.83. The third kappa shape index (κ3) is 3.54. The Morgan fingerprint density at radius 3 is 2.21 bits per heavy atom.